The van der Waals surface area contributed by atoms with Gasteiger partial charge in [0, 0.05) is 36.4 Å². The van der Waals surface area contributed by atoms with Gasteiger partial charge in [0.25, 0.3) is 0 Å². The molecule has 3 aromatic rings. The van der Waals surface area contributed by atoms with Gasteiger partial charge >= 0.3 is 6.18 Å². The van der Waals surface area contributed by atoms with Crippen LogP contribution in [0.1, 0.15) is 16.8 Å². The monoisotopic (exact) mass is 370 g/mol. The molecule has 4 rings (SSSR count). The lowest BCUT2D eigenvalue weighted by Gasteiger charge is -2.31. The molecule has 0 amide bonds. The molecule has 0 unspecified atom stereocenters. The summed E-state index contributed by atoms with van der Waals surface area (Å²) in [5.41, 5.74) is 2.93. The Morgan fingerprint density at radius 2 is 1.67 bits per heavy atom. The molecule has 0 bridgehead atoms. The molecule has 1 aliphatic heterocycles. The predicted molar refractivity (Wildman–Crippen MR) is 98.0 cm³/mol. The molecule has 0 saturated carbocycles. The fourth-order valence-electron chi connectivity index (χ4n) is 3.19. The molecule has 0 aliphatic carbocycles. The minimum Gasteiger partial charge on any atom is -0.367 e. The molecule has 0 saturated heterocycles. The number of para-hydroxylation sites is 1. The number of nitrogens with zero attached hydrogens (tertiary/aromatic N) is 3. The first kappa shape index (κ1) is 17.3. The van der Waals surface area contributed by atoms with Crippen molar-refractivity contribution < 1.29 is 13.2 Å². The van der Waals surface area contributed by atoms with Gasteiger partial charge in [0.15, 0.2) is 0 Å². The molecule has 4 nitrogen and oxygen atoms in total. The second-order valence-corrected chi connectivity index (χ2v) is 6.35. The largest absolute Gasteiger partial charge is 0.416 e. The van der Waals surface area contributed by atoms with Gasteiger partial charge in [-0.25, -0.2) is 9.97 Å². The number of alkyl halides is 3. The molecular formula is C20H17F3N4. The van der Waals surface area contributed by atoms with Crippen LogP contribution in [0.5, 0.6) is 0 Å². The van der Waals surface area contributed by atoms with E-state index in [-0.39, 0.29) is 0 Å². The number of halogens is 3. The Labute approximate surface area is 154 Å². The Kier molecular flexibility index (Phi) is 4.43. The Morgan fingerprint density at radius 3 is 2.37 bits per heavy atom. The van der Waals surface area contributed by atoms with Crippen molar-refractivity contribution in [1.82, 2.24) is 9.97 Å². The summed E-state index contributed by atoms with van der Waals surface area (Å²) in [6.07, 6.45) is -2.07. The van der Waals surface area contributed by atoms with Crippen molar-refractivity contribution in [2.45, 2.75) is 19.1 Å². The summed E-state index contributed by atoms with van der Waals surface area (Å²) in [6.45, 7) is 1.50. The molecule has 1 N–H and O–H groups in total. The van der Waals surface area contributed by atoms with E-state index >= 15 is 0 Å². The first-order chi connectivity index (χ1) is 13.0. The summed E-state index contributed by atoms with van der Waals surface area (Å²) >= 11 is 0. The number of rotatable bonds is 3. The summed E-state index contributed by atoms with van der Waals surface area (Å²) in [4.78, 5) is 10.9. The van der Waals surface area contributed by atoms with Crippen LogP contribution in [0.3, 0.4) is 0 Å². The Morgan fingerprint density at radius 1 is 0.926 bits per heavy atom. The Balaban J connectivity index is 1.59. The van der Waals surface area contributed by atoms with E-state index in [0.29, 0.717) is 18.1 Å². The third-order valence-electron chi connectivity index (χ3n) is 4.60. The number of nitrogens with one attached hydrogen (secondary N) is 1. The first-order valence-electron chi connectivity index (χ1n) is 8.58. The summed E-state index contributed by atoms with van der Waals surface area (Å²) < 4.78 is 38.2. The number of benzene rings is 2. The molecule has 0 radical (unpaired) electrons. The van der Waals surface area contributed by atoms with Gasteiger partial charge in [-0.15, -0.1) is 0 Å². The highest BCUT2D eigenvalue weighted by Gasteiger charge is 2.30. The van der Waals surface area contributed by atoms with Crippen LogP contribution in [-0.4, -0.2) is 16.5 Å². The smallest absolute Gasteiger partial charge is 0.367 e. The summed E-state index contributed by atoms with van der Waals surface area (Å²) in [5.74, 6) is 0.625. The van der Waals surface area contributed by atoms with Gasteiger partial charge in [-0.1, -0.05) is 18.2 Å². The summed E-state index contributed by atoms with van der Waals surface area (Å²) in [6, 6.07) is 15.0. The van der Waals surface area contributed by atoms with Crippen molar-refractivity contribution in [3.8, 4) is 0 Å². The topological polar surface area (TPSA) is 41.1 Å². The molecule has 2 heterocycles. The fraction of sp³-hybridized carbons (Fsp3) is 0.200. The van der Waals surface area contributed by atoms with Crippen LogP contribution >= 0.6 is 0 Å². The van der Waals surface area contributed by atoms with Crippen LogP contribution in [0.4, 0.5) is 30.4 Å². The summed E-state index contributed by atoms with van der Waals surface area (Å²) in [7, 11) is 0. The molecule has 0 spiro atoms. The Bertz CT molecular complexity index is 924. The lowest BCUT2D eigenvalue weighted by molar-refractivity contribution is -0.137. The first-order valence-corrected chi connectivity index (χ1v) is 8.58. The minimum absolute atomic E-state index is 0.556. The highest BCUT2D eigenvalue weighted by atomic mass is 19.4. The second kappa shape index (κ2) is 6.90. The van der Waals surface area contributed by atoms with Gasteiger partial charge in [-0.3, -0.25) is 0 Å². The standard InChI is InChI=1S/C20H17F3N4/c21-20(22,23)14-6-8-15(9-7-14)26-19-17-12-27(16-4-2-1-3-5-16)11-10-18(17)24-13-25-19/h1-9,13H,10-12H2,(H,24,25,26). The normalized spacial score (nSPS) is 14.0. The van der Waals surface area contributed by atoms with Crippen molar-refractivity contribution in [1.29, 1.82) is 0 Å². The Hall–Kier alpha value is -3.09. The molecule has 1 aliphatic rings. The lowest BCUT2D eigenvalue weighted by Crippen LogP contribution is -2.31. The highest BCUT2D eigenvalue weighted by Crippen LogP contribution is 2.32. The molecule has 2 aromatic carbocycles. The number of hydrogen-bond donors (Lipinski definition) is 1. The zero-order valence-electron chi connectivity index (χ0n) is 14.4. The van der Waals surface area contributed by atoms with E-state index in [1.54, 1.807) is 0 Å². The third kappa shape index (κ3) is 3.72. The average Bonchev–Trinajstić information content (AvgIpc) is 2.68. The maximum atomic E-state index is 12.7. The van der Waals surface area contributed by atoms with E-state index in [1.165, 1.54) is 18.5 Å². The van der Waals surface area contributed by atoms with Gasteiger partial charge in [0.2, 0.25) is 0 Å². The number of hydrogen-bond acceptors (Lipinski definition) is 4. The fourth-order valence-corrected chi connectivity index (χ4v) is 3.19. The lowest BCUT2D eigenvalue weighted by atomic mass is 10.1. The summed E-state index contributed by atoms with van der Waals surface area (Å²) in [5, 5.41) is 3.14. The van der Waals surface area contributed by atoms with E-state index in [2.05, 4.69) is 32.3 Å². The molecule has 27 heavy (non-hydrogen) atoms. The van der Waals surface area contributed by atoms with Crippen molar-refractivity contribution >= 4 is 17.2 Å². The molecule has 7 heteroatoms. The zero-order chi connectivity index (χ0) is 18.9. The van der Waals surface area contributed by atoms with Gasteiger partial charge in [0.05, 0.1) is 11.3 Å². The molecule has 0 fully saturated rings. The maximum Gasteiger partial charge on any atom is 0.416 e. The molecule has 0 atom stereocenters. The van der Waals surface area contributed by atoms with Crippen molar-refractivity contribution in [3.63, 3.8) is 0 Å². The SMILES string of the molecule is FC(F)(F)c1ccc(Nc2ncnc3c2CN(c2ccccc2)CC3)cc1. The van der Waals surface area contributed by atoms with Crippen LogP contribution in [0.25, 0.3) is 0 Å². The van der Waals surface area contributed by atoms with Crippen molar-refractivity contribution in [2.24, 2.45) is 0 Å². The van der Waals surface area contributed by atoms with Crippen LogP contribution < -0.4 is 10.2 Å². The van der Waals surface area contributed by atoms with Gasteiger partial charge < -0.3 is 10.2 Å². The van der Waals surface area contributed by atoms with Gasteiger partial charge in [-0.05, 0) is 36.4 Å². The number of aromatic nitrogens is 2. The highest BCUT2D eigenvalue weighted by molar-refractivity contribution is 5.62. The molecular weight excluding hydrogens is 353 g/mol. The van der Waals surface area contributed by atoms with Crippen LogP contribution in [0.15, 0.2) is 60.9 Å². The van der Waals surface area contributed by atoms with Gasteiger partial charge in [0.1, 0.15) is 12.1 Å². The average molecular weight is 370 g/mol. The molecule has 138 valence electrons. The van der Waals surface area contributed by atoms with E-state index in [0.717, 1.165) is 42.0 Å². The van der Waals surface area contributed by atoms with Gasteiger partial charge in [-0.2, -0.15) is 13.2 Å². The predicted octanol–water partition coefficient (Wildman–Crippen LogP) is 4.80. The number of anilines is 3. The minimum atomic E-state index is -4.34. The van der Waals surface area contributed by atoms with Crippen molar-refractivity contribution in [3.05, 3.63) is 77.7 Å². The zero-order valence-corrected chi connectivity index (χ0v) is 14.4. The second-order valence-electron chi connectivity index (χ2n) is 6.35. The van der Waals surface area contributed by atoms with Crippen molar-refractivity contribution in [2.75, 3.05) is 16.8 Å². The number of fused-ring (bicyclic) bond motifs is 1. The van der Waals surface area contributed by atoms with E-state index in [4.69, 9.17) is 0 Å². The quantitative estimate of drug-likeness (QED) is 0.719. The van der Waals surface area contributed by atoms with E-state index in [9.17, 15) is 13.2 Å². The van der Waals surface area contributed by atoms with Crippen LogP contribution in [-0.2, 0) is 19.1 Å². The van der Waals surface area contributed by atoms with E-state index < -0.39 is 11.7 Å². The van der Waals surface area contributed by atoms with E-state index in [1.807, 2.05) is 18.2 Å². The maximum absolute atomic E-state index is 12.7. The van der Waals surface area contributed by atoms with Crippen LogP contribution in [0.2, 0.25) is 0 Å². The third-order valence-corrected chi connectivity index (χ3v) is 4.60. The molecule has 1 aromatic heterocycles. The van der Waals surface area contributed by atoms with Crippen LogP contribution in [0, 0.1) is 0 Å².